The Bertz CT molecular complexity index is 522. The number of hydrogen-bond acceptors (Lipinski definition) is 2. The molecule has 0 aliphatic carbocycles. The molecule has 1 atom stereocenters. The van der Waals surface area contributed by atoms with Gasteiger partial charge in [0.25, 0.3) is 0 Å². The van der Waals surface area contributed by atoms with Crippen LogP contribution in [0.2, 0.25) is 0 Å². The van der Waals surface area contributed by atoms with E-state index < -0.39 is 0 Å². The highest BCUT2D eigenvalue weighted by molar-refractivity contribution is 5.33. The van der Waals surface area contributed by atoms with E-state index in [2.05, 4.69) is 56.3 Å². The van der Waals surface area contributed by atoms with Crippen LogP contribution in [0.25, 0.3) is 0 Å². The Morgan fingerprint density at radius 1 is 0.950 bits per heavy atom. The summed E-state index contributed by atoms with van der Waals surface area (Å²) in [5.74, 6) is 0.972. The maximum atomic E-state index is 6.26. The zero-order chi connectivity index (χ0) is 14.4. The van der Waals surface area contributed by atoms with Crippen molar-refractivity contribution in [2.24, 2.45) is 0 Å². The predicted octanol–water partition coefficient (Wildman–Crippen LogP) is 4.07. The van der Waals surface area contributed by atoms with Crippen LogP contribution in [0, 0.1) is 6.92 Å². The molecule has 106 valence electrons. The van der Waals surface area contributed by atoms with Gasteiger partial charge in [-0.1, -0.05) is 48.5 Å². The third-order valence-corrected chi connectivity index (χ3v) is 3.37. The van der Waals surface area contributed by atoms with E-state index in [4.69, 9.17) is 4.74 Å². The molecule has 0 unspecified atom stereocenters. The minimum Gasteiger partial charge on any atom is -0.485 e. The van der Waals surface area contributed by atoms with Crippen LogP contribution in [0.3, 0.4) is 0 Å². The van der Waals surface area contributed by atoms with Crippen molar-refractivity contribution in [2.75, 3.05) is 20.6 Å². The van der Waals surface area contributed by atoms with Gasteiger partial charge in [0.05, 0.1) is 0 Å². The Labute approximate surface area is 122 Å². The van der Waals surface area contributed by atoms with Gasteiger partial charge >= 0.3 is 0 Å². The Balaban J connectivity index is 2.16. The van der Waals surface area contributed by atoms with Gasteiger partial charge in [-0.2, -0.15) is 0 Å². The Morgan fingerprint density at radius 3 is 2.25 bits per heavy atom. The van der Waals surface area contributed by atoms with Crippen molar-refractivity contribution < 1.29 is 4.74 Å². The van der Waals surface area contributed by atoms with Crippen LogP contribution in [0.1, 0.15) is 23.7 Å². The summed E-state index contributed by atoms with van der Waals surface area (Å²) in [6.45, 7) is 3.09. The normalized spacial score (nSPS) is 12.4. The fraction of sp³-hybridized carbons (Fsp3) is 0.333. The van der Waals surface area contributed by atoms with Gasteiger partial charge in [0.1, 0.15) is 11.9 Å². The quantitative estimate of drug-likeness (QED) is 0.784. The van der Waals surface area contributed by atoms with Crippen LogP contribution in [0.5, 0.6) is 5.75 Å². The molecule has 2 heteroatoms. The van der Waals surface area contributed by atoms with E-state index in [1.165, 1.54) is 11.1 Å². The van der Waals surface area contributed by atoms with Gasteiger partial charge in [0.15, 0.2) is 0 Å². The first kappa shape index (κ1) is 14.6. The van der Waals surface area contributed by atoms with Crippen molar-refractivity contribution in [3.63, 3.8) is 0 Å². The van der Waals surface area contributed by atoms with Crippen molar-refractivity contribution in [3.8, 4) is 5.75 Å². The molecule has 2 aromatic rings. The minimum absolute atomic E-state index is 0.0969. The molecule has 0 aliphatic rings. The summed E-state index contributed by atoms with van der Waals surface area (Å²) >= 11 is 0. The molecule has 2 rings (SSSR count). The highest BCUT2D eigenvalue weighted by Gasteiger charge is 2.14. The van der Waals surface area contributed by atoms with Gasteiger partial charge in [-0.15, -0.1) is 0 Å². The summed E-state index contributed by atoms with van der Waals surface area (Å²) in [6.07, 6.45) is 1.07. The topological polar surface area (TPSA) is 12.5 Å². The van der Waals surface area contributed by atoms with Gasteiger partial charge < -0.3 is 9.64 Å². The summed E-state index contributed by atoms with van der Waals surface area (Å²) in [6, 6.07) is 18.6. The standard InChI is InChI=1S/C18H23NO/c1-15-9-7-8-12-17(15)20-18(13-14-19(2)3)16-10-5-4-6-11-16/h4-12,18H,13-14H2,1-3H3/t18-/m0/s1. The first-order valence-corrected chi connectivity index (χ1v) is 7.09. The SMILES string of the molecule is Cc1ccccc1O[C@@H](CCN(C)C)c1ccccc1. The molecule has 2 aromatic carbocycles. The molecule has 0 N–H and O–H groups in total. The van der Waals surface area contributed by atoms with Crippen LogP contribution in [0.4, 0.5) is 0 Å². The molecule has 0 fully saturated rings. The first-order valence-electron chi connectivity index (χ1n) is 7.09. The first-order chi connectivity index (χ1) is 9.66. The highest BCUT2D eigenvalue weighted by Crippen LogP contribution is 2.27. The number of aryl methyl sites for hydroxylation is 1. The van der Waals surface area contributed by atoms with Gasteiger partial charge in [-0.3, -0.25) is 0 Å². The van der Waals surface area contributed by atoms with Crippen LogP contribution in [0.15, 0.2) is 54.6 Å². The molecule has 0 aliphatic heterocycles. The lowest BCUT2D eigenvalue weighted by atomic mass is 10.1. The number of para-hydroxylation sites is 1. The van der Waals surface area contributed by atoms with E-state index in [1.54, 1.807) is 0 Å². The Kier molecular flexibility index (Phi) is 5.19. The summed E-state index contributed by atoms with van der Waals surface area (Å²) in [4.78, 5) is 2.19. The third-order valence-electron chi connectivity index (χ3n) is 3.37. The summed E-state index contributed by atoms with van der Waals surface area (Å²) in [5, 5.41) is 0. The van der Waals surface area contributed by atoms with Crippen LogP contribution in [-0.2, 0) is 0 Å². The fourth-order valence-electron chi connectivity index (χ4n) is 2.18. The Morgan fingerprint density at radius 2 is 1.60 bits per heavy atom. The van der Waals surface area contributed by atoms with Gasteiger partial charge in [0, 0.05) is 13.0 Å². The highest BCUT2D eigenvalue weighted by atomic mass is 16.5. The third kappa shape index (κ3) is 4.10. The molecule has 0 amide bonds. The monoisotopic (exact) mass is 269 g/mol. The van der Waals surface area contributed by atoms with Crippen LogP contribution >= 0.6 is 0 Å². The molecule has 0 bridgehead atoms. The largest absolute Gasteiger partial charge is 0.485 e. The van der Waals surface area contributed by atoms with E-state index in [9.17, 15) is 0 Å². The van der Waals surface area contributed by atoms with Crippen molar-refractivity contribution in [2.45, 2.75) is 19.4 Å². The lowest BCUT2D eigenvalue weighted by Crippen LogP contribution is -2.19. The minimum atomic E-state index is 0.0969. The molecule has 0 heterocycles. The van der Waals surface area contributed by atoms with Gasteiger partial charge in [0.2, 0.25) is 0 Å². The second-order valence-corrected chi connectivity index (χ2v) is 5.37. The molecule has 0 spiro atoms. The van der Waals surface area contributed by atoms with Gasteiger partial charge in [-0.05, 0) is 38.2 Å². The van der Waals surface area contributed by atoms with Crippen LogP contribution < -0.4 is 4.74 Å². The van der Waals surface area contributed by atoms with Crippen molar-refractivity contribution in [1.29, 1.82) is 0 Å². The summed E-state index contributed by atoms with van der Waals surface area (Å²) in [5.41, 5.74) is 2.41. The van der Waals surface area contributed by atoms with Crippen molar-refractivity contribution in [1.82, 2.24) is 4.90 Å². The molecular weight excluding hydrogens is 246 g/mol. The average Bonchev–Trinajstić information content (AvgIpc) is 2.46. The second-order valence-electron chi connectivity index (χ2n) is 5.37. The molecule has 2 nitrogen and oxygen atoms in total. The number of rotatable bonds is 6. The number of benzene rings is 2. The van der Waals surface area contributed by atoms with E-state index in [-0.39, 0.29) is 6.10 Å². The zero-order valence-corrected chi connectivity index (χ0v) is 12.5. The van der Waals surface area contributed by atoms with E-state index >= 15 is 0 Å². The molecular formula is C18H23NO. The van der Waals surface area contributed by atoms with Gasteiger partial charge in [-0.25, -0.2) is 0 Å². The van der Waals surface area contributed by atoms with Crippen molar-refractivity contribution >= 4 is 0 Å². The predicted molar refractivity (Wildman–Crippen MR) is 84.2 cm³/mol. The molecule has 0 aromatic heterocycles. The van der Waals surface area contributed by atoms with Crippen molar-refractivity contribution in [3.05, 3.63) is 65.7 Å². The lowest BCUT2D eigenvalue weighted by molar-refractivity contribution is 0.178. The smallest absolute Gasteiger partial charge is 0.125 e. The van der Waals surface area contributed by atoms with Crippen LogP contribution in [-0.4, -0.2) is 25.5 Å². The lowest BCUT2D eigenvalue weighted by Gasteiger charge is -2.22. The number of ether oxygens (including phenoxy) is 1. The Hall–Kier alpha value is -1.80. The van der Waals surface area contributed by atoms with E-state index in [0.717, 1.165) is 18.7 Å². The molecule has 0 radical (unpaired) electrons. The number of hydrogen-bond donors (Lipinski definition) is 0. The van der Waals surface area contributed by atoms with E-state index in [0.29, 0.717) is 0 Å². The van der Waals surface area contributed by atoms with E-state index in [1.807, 2.05) is 24.3 Å². The maximum absolute atomic E-state index is 6.26. The second kappa shape index (κ2) is 7.11. The maximum Gasteiger partial charge on any atom is 0.125 e. The zero-order valence-electron chi connectivity index (χ0n) is 12.5. The summed E-state index contributed by atoms with van der Waals surface area (Å²) < 4.78 is 6.26. The molecule has 20 heavy (non-hydrogen) atoms. The molecule has 0 saturated heterocycles. The fourth-order valence-corrected chi connectivity index (χ4v) is 2.18. The molecule has 0 saturated carbocycles. The average molecular weight is 269 g/mol. The number of nitrogens with zero attached hydrogens (tertiary/aromatic N) is 1. The summed E-state index contributed by atoms with van der Waals surface area (Å²) in [7, 11) is 4.19.